The number of rotatable bonds is 6. The molecule has 0 bridgehead atoms. The van der Waals surface area contributed by atoms with Crippen molar-refractivity contribution in [2.24, 2.45) is 0 Å². The number of halogens is 1. The average Bonchev–Trinajstić information content (AvgIpc) is 2.18. The highest BCUT2D eigenvalue weighted by molar-refractivity contribution is 6.36. The summed E-state index contributed by atoms with van der Waals surface area (Å²) in [6.45, 7) is 9.60. The second-order valence-corrected chi connectivity index (χ2v) is 4.03. The fraction of sp³-hybridized carbons (Fsp3) is 0.583. The third-order valence-electron chi connectivity index (χ3n) is 2.08. The number of carbonyl (C=O) groups excluding carboxylic acids is 1. The summed E-state index contributed by atoms with van der Waals surface area (Å²) in [4.78, 5) is 10.5. The molecule has 0 aliphatic rings. The number of hydrogen-bond donors (Lipinski definition) is 0. The van der Waals surface area contributed by atoms with Gasteiger partial charge in [0.2, 0.25) is 0 Å². The number of allylic oxidation sites excluding steroid dienone is 2. The van der Waals surface area contributed by atoms with Gasteiger partial charge in [-0.3, -0.25) is 0 Å². The fourth-order valence-electron chi connectivity index (χ4n) is 1.09. The molecule has 0 heterocycles. The van der Waals surface area contributed by atoms with E-state index in [-0.39, 0.29) is 0 Å². The molecule has 0 aliphatic heterocycles. The van der Waals surface area contributed by atoms with Gasteiger partial charge in [0.1, 0.15) is 0 Å². The molecule has 0 amide bonds. The van der Waals surface area contributed by atoms with Crippen molar-refractivity contribution in [2.75, 3.05) is 6.61 Å². The van der Waals surface area contributed by atoms with Gasteiger partial charge in [-0.15, -0.1) is 11.6 Å². The third-order valence-corrected chi connectivity index (χ3v) is 2.71. The molecule has 0 N–H and O–H groups in total. The van der Waals surface area contributed by atoms with Crippen LogP contribution < -0.4 is 0 Å². The van der Waals surface area contributed by atoms with Crippen LogP contribution in [0.1, 0.15) is 33.6 Å². The minimum atomic E-state index is -1.11. The molecule has 0 aliphatic carbocycles. The molecule has 86 valence electrons. The lowest BCUT2D eigenvalue weighted by atomic mass is 9.96. The number of hydrogen-bond acceptors (Lipinski definition) is 2. The predicted molar refractivity (Wildman–Crippen MR) is 64.1 cm³/mol. The van der Waals surface area contributed by atoms with Gasteiger partial charge in [0.15, 0.2) is 4.87 Å². The molecule has 0 rings (SSSR count). The van der Waals surface area contributed by atoms with Gasteiger partial charge in [0.05, 0.1) is 6.61 Å². The first-order valence-electron chi connectivity index (χ1n) is 5.16. The molecule has 2 nitrogen and oxygen atoms in total. The Kier molecular flexibility index (Phi) is 6.34. The van der Waals surface area contributed by atoms with Crippen LogP contribution in [0.5, 0.6) is 0 Å². The highest BCUT2D eigenvalue weighted by atomic mass is 35.5. The molecule has 0 aromatic rings. The fourth-order valence-corrected chi connectivity index (χ4v) is 1.23. The van der Waals surface area contributed by atoms with Crippen molar-refractivity contribution in [3.8, 4) is 0 Å². The van der Waals surface area contributed by atoms with E-state index in [9.17, 15) is 4.79 Å². The maximum absolute atomic E-state index is 11.7. The van der Waals surface area contributed by atoms with Crippen LogP contribution in [0.15, 0.2) is 24.3 Å². The topological polar surface area (TPSA) is 26.3 Å². The van der Waals surface area contributed by atoms with Gasteiger partial charge in [-0.2, -0.15) is 0 Å². The minimum Gasteiger partial charge on any atom is -0.464 e. The van der Waals surface area contributed by atoms with Crippen LogP contribution in [0.3, 0.4) is 0 Å². The van der Waals surface area contributed by atoms with E-state index in [0.29, 0.717) is 18.6 Å². The number of carbonyl (C=O) groups is 1. The van der Waals surface area contributed by atoms with Crippen molar-refractivity contribution in [1.82, 2.24) is 0 Å². The van der Waals surface area contributed by atoms with E-state index in [2.05, 4.69) is 6.58 Å². The Morgan fingerprint density at radius 1 is 1.47 bits per heavy atom. The molecule has 0 saturated carbocycles. The van der Waals surface area contributed by atoms with Crippen LogP contribution >= 0.6 is 11.6 Å². The molecule has 15 heavy (non-hydrogen) atoms. The average molecular weight is 231 g/mol. The molecule has 0 aromatic carbocycles. The normalized spacial score (nSPS) is 14.9. The SMILES string of the molecule is C=C(C)C(Cl)(CC=CCC)C(=O)OCC. The lowest BCUT2D eigenvalue weighted by molar-refractivity contribution is -0.145. The summed E-state index contributed by atoms with van der Waals surface area (Å²) in [7, 11) is 0. The van der Waals surface area contributed by atoms with E-state index in [4.69, 9.17) is 16.3 Å². The zero-order valence-electron chi connectivity index (χ0n) is 9.68. The van der Waals surface area contributed by atoms with Crippen molar-refractivity contribution >= 4 is 17.6 Å². The Morgan fingerprint density at radius 3 is 2.47 bits per heavy atom. The molecule has 1 unspecified atom stereocenters. The standard InChI is InChI=1S/C12H19ClO2/c1-5-7-8-9-12(13,10(3)4)11(14)15-6-2/h7-8H,3,5-6,9H2,1-2,4H3. The molecule has 1 atom stereocenters. The number of esters is 1. The van der Waals surface area contributed by atoms with E-state index in [1.54, 1.807) is 13.8 Å². The zero-order valence-corrected chi connectivity index (χ0v) is 10.4. The molecular formula is C12H19ClO2. The monoisotopic (exact) mass is 230 g/mol. The Balaban J connectivity index is 4.66. The first-order chi connectivity index (χ1) is 6.99. The molecule has 0 radical (unpaired) electrons. The first kappa shape index (κ1) is 14.2. The number of alkyl halides is 1. The summed E-state index contributed by atoms with van der Waals surface area (Å²) in [6.07, 6.45) is 5.21. The van der Waals surface area contributed by atoms with Crippen molar-refractivity contribution in [3.63, 3.8) is 0 Å². The number of ether oxygens (including phenoxy) is 1. The van der Waals surface area contributed by atoms with Gasteiger partial charge < -0.3 is 4.74 Å². The van der Waals surface area contributed by atoms with Gasteiger partial charge in [-0.1, -0.05) is 25.7 Å². The summed E-state index contributed by atoms with van der Waals surface area (Å²) in [5.41, 5.74) is 0.614. The van der Waals surface area contributed by atoms with E-state index in [1.165, 1.54) is 0 Å². The molecule has 0 fully saturated rings. The van der Waals surface area contributed by atoms with E-state index in [1.807, 2.05) is 19.1 Å². The Morgan fingerprint density at radius 2 is 2.07 bits per heavy atom. The van der Waals surface area contributed by atoms with Gasteiger partial charge in [0, 0.05) is 0 Å². The largest absolute Gasteiger partial charge is 0.464 e. The van der Waals surface area contributed by atoms with Gasteiger partial charge >= 0.3 is 5.97 Å². The Bertz CT molecular complexity index is 258. The van der Waals surface area contributed by atoms with Crippen LogP contribution in [0.25, 0.3) is 0 Å². The van der Waals surface area contributed by atoms with Crippen molar-refractivity contribution in [2.45, 2.75) is 38.5 Å². The highest BCUT2D eigenvalue weighted by Crippen LogP contribution is 2.30. The van der Waals surface area contributed by atoms with Crippen LogP contribution in [0.4, 0.5) is 0 Å². The van der Waals surface area contributed by atoms with E-state index in [0.717, 1.165) is 6.42 Å². The predicted octanol–water partition coefficient (Wildman–Crippen LogP) is 3.46. The molecule has 3 heteroatoms. The minimum absolute atomic E-state index is 0.331. The van der Waals surface area contributed by atoms with Crippen LogP contribution in [-0.2, 0) is 9.53 Å². The summed E-state index contributed by atoms with van der Waals surface area (Å²) < 4.78 is 4.93. The first-order valence-corrected chi connectivity index (χ1v) is 5.54. The summed E-state index contributed by atoms with van der Waals surface area (Å²) in [6, 6.07) is 0. The maximum Gasteiger partial charge on any atom is 0.331 e. The summed E-state index contributed by atoms with van der Waals surface area (Å²) in [5.74, 6) is -0.417. The Labute approximate surface area is 97.0 Å². The van der Waals surface area contributed by atoms with Gasteiger partial charge in [-0.25, -0.2) is 4.79 Å². The maximum atomic E-state index is 11.7. The molecule has 0 saturated heterocycles. The van der Waals surface area contributed by atoms with E-state index >= 15 is 0 Å². The third kappa shape index (κ3) is 4.08. The lowest BCUT2D eigenvalue weighted by Gasteiger charge is -2.23. The lowest BCUT2D eigenvalue weighted by Crippen LogP contribution is -2.35. The van der Waals surface area contributed by atoms with Crippen LogP contribution in [0.2, 0.25) is 0 Å². The van der Waals surface area contributed by atoms with Gasteiger partial charge in [-0.05, 0) is 32.3 Å². The summed E-state index contributed by atoms with van der Waals surface area (Å²) in [5, 5.41) is 0. The smallest absolute Gasteiger partial charge is 0.331 e. The second kappa shape index (κ2) is 6.67. The van der Waals surface area contributed by atoms with Crippen molar-refractivity contribution in [1.29, 1.82) is 0 Å². The van der Waals surface area contributed by atoms with E-state index < -0.39 is 10.8 Å². The van der Waals surface area contributed by atoms with Crippen LogP contribution in [0, 0.1) is 0 Å². The van der Waals surface area contributed by atoms with Gasteiger partial charge in [0.25, 0.3) is 0 Å². The van der Waals surface area contributed by atoms with Crippen molar-refractivity contribution in [3.05, 3.63) is 24.3 Å². The molecular weight excluding hydrogens is 212 g/mol. The molecule has 0 aromatic heterocycles. The Hall–Kier alpha value is -0.760. The molecule has 0 spiro atoms. The van der Waals surface area contributed by atoms with Crippen molar-refractivity contribution < 1.29 is 9.53 Å². The highest BCUT2D eigenvalue weighted by Gasteiger charge is 2.37. The van der Waals surface area contributed by atoms with Crippen LogP contribution in [-0.4, -0.2) is 17.5 Å². The second-order valence-electron chi connectivity index (χ2n) is 3.39. The summed E-state index contributed by atoms with van der Waals surface area (Å²) >= 11 is 6.21. The zero-order chi connectivity index (χ0) is 11.9. The quantitative estimate of drug-likeness (QED) is 0.397.